The lowest BCUT2D eigenvalue weighted by molar-refractivity contribution is 0.0448. The highest BCUT2D eigenvalue weighted by atomic mass is 16.6. The summed E-state index contributed by atoms with van der Waals surface area (Å²) >= 11 is 0. The summed E-state index contributed by atoms with van der Waals surface area (Å²) in [5.74, 6) is -2.24. The molecule has 0 aliphatic heterocycles. The Balaban J connectivity index is 1.94. The Morgan fingerprint density at radius 3 is 2.60 bits per heavy atom. The van der Waals surface area contributed by atoms with E-state index in [1.807, 2.05) is 30.3 Å². The van der Waals surface area contributed by atoms with Gasteiger partial charge in [0.2, 0.25) is 0 Å². The topological polar surface area (TPSA) is 91.5 Å². The molecule has 0 bridgehead atoms. The summed E-state index contributed by atoms with van der Waals surface area (Å²) < 4.78 is 14.3. The van der Waals surface area contributed by atoms with Gasteiger partial charge in [0.25, 0.3) is 5.82 Å². The zero-order valence-corrected chi connectivity index (χ0v) is 10.7. The van der Waals surface area contributed by atoms with E-state index in [9.17, 15) is 9.59 Å². The van der Waals surface area contributed by atoms with Gasteiger partial charge in [-0.2, -0.15) is 4.98 Å². The van der Waals surface area contributed by atoms with E-state index in [0.29, 0.717) is 0 Å². The molecule has 7 heteroatoms. The standard InChI is InChI=1S/C13H12N2O5/c1-2-18-13(17)11-14-10(15-20-11)12(16)19-8-9-6-4-3-5-7-9/h3-7H,2,8H2,1H3. The Kier molecular flexibility index (Phi) is 4.43. The first-order chi connectivity index (χ1) is 9.70. The van der Waals surface area contributed by atoms with Crippen molar-refractivity contribution in [1.82, 2.24) is 10.1 Å². The molecule has 0 saturated carbocycles. The number of esters is 2. The molecule has 0 fully saturated rings. The first-order valence-electron chi connectivity index (χ1n) is 5.92. The van der Waals surface area contributed by atoms with Crippen LogP contribution < -0.4 is 0 Å². The summed E-state index contributed by atoms with van der Waals surface area (Å²) in [6, 6.07) is 9.14. The van der Waals surface area contributed by atoms with E-state index in [2.05, 4.69) is 19.4 Å². The first kappa shape index (κ1) is 13.7. The highest BCUT2D eigenvalue weighted by Crippen LogP contribution is 2.05. The van der Waals surface area contributed by atoms with E-state index < -0.39 is 11.9 Å². The molecule has 0 aliphatic carbocycles. The average Bonchev–Trinajstić information content (AvgIpc) is 2.96. The maximum atomic E-state index is 11.7. The Bertz CT molecular complexity index is 594. The van der Waals surface area contributed by atoms with E-state index in [1.165, 1.54) is 0 Å². The largest absolute Gasteiger partial charge is 0.459 e. The monoisotopic (exact) mass is 276 g/mol. The molecule has 7 nitrogen and oxygen atoms in total. The zero-order valence-electron chi connectivity index (χ0n) is 10.7. The van der Waals surface area contributed by atoms with Gasteiger partial charge in [0.15, 0.2) is 0 Å². The summed E-state index contributed by atoms with van der Waals surface area (Å²) in [6.07, 6.45) is 0. The van der Waals surface area contributed by atoms with Crippen molar-refractivity contribution in [1.29, 1.82) is 0 Å². The molecule has 0 aliphatic rings. The molecular weight excluding hydrogens is 264 g/mol. The van der Waals surface area contributed by atoms with Crippen LogP contribution in [0.2, 0.25) is 0 Å². The van der Waals surface area contributed by atoms with Crippen LogP contribution in [0, 0.1) is 0 Å². The number of carbonyl (C=O) groups excluding carboxylic acids is 2. The van der Waals surface area contributed by atoms with Crippen molar-refractivity contribution in [2.45, 2.75) is 13.5 Å². The van der Waals surface area contributed by atoms with Gasteiger partial charge in [-0.25, -0.2) is 9.59 Å². The molecule has 0 amide bonds. The number of carbonyl (C=O) groups is 2. The number of rotatable bonds is 5. The van der Waals surface area contributed by atoms with Gasteiger partial charge in [-0.3, -0.25) is 0 Å². The molecule has 0 unspecified atom stereocenters. The van der Waals surface area contributed by atoms with E-state index in [4.69, 9.17) is 4.74 Å². The lowest BCUT2D eigenvalue weighted by Crippen LogP contribution is -2.09. The van der Waals surface area contributed by atoms with E-state index >= 15 is 0 Å². The molecule has 2 aromatic rings. The smallest absolute Gasteiger partial charge is 0.397 e. The minimum atomic E-state index is -0.776. The summed E-state index contributed by atoms with van der Waals surface area (Å²) in [7, 11) is 0. The van der Waals surface area contributed by atoms with Gasteiger partial charge in [0, 0.05) is 0 Å². The van der Waals surface area contributed by atoms with Crippen LogP contribution in [0.3, 0.4) is 0 Å². The van der Waals surface area contributed by atoms with Crippen molar-refractivity contribution >= 4 is 11.9 Å². The lowest BCUT2D eigenvalue weighted by atomic mass is 10.2. The minimum Gasteiger partial charge on any atom is -0.459 e. The Morgan fingerprint density at radius 2 is 1.90 bits per heavy atom. The third kappa shape index (κ3) is 3.41. The molecule has 1 aromatic heterocycles. The minimum absolute atomic E-state index is 0.0863. The lowest BCUT2D eigenvalue weighted by Gasteiger charge is -2.01. The Morgan fingerprint density at radius 1 is 1.15 bits per heavy atom. The fourth-order valence-corrected chi connectivity index (χ4v) is 1.37. The van der Waals surface area contributed by atoms with Crippen LogP contribution >= 0.6 is 0 Å². The highest BCUT2D eigenvalue weighted by Gasteiger charge is 2.21. The number of aromatic nitrogens is 2. The normalized spacial score (nSPS) is 10.1. The number of benzene rings is 1. The molecule has 1 heterocycles. The third-order valence-corrected chi connectivity index (χ3v) is 2.27. The summed E-state index contributed by atoms with van der Waals surface area (Å²) in [6.45, 7) is 1.90. The quantitative estimate of drug-likeness (QED) is 0.766. The third-order valence-electron chi connectivity index (χ3n) is 2.27. The maximum Gasteiger partial charge on any atom is 0.397 e. The molecule has 0 saturated heterocycles. The van der Waals surface area contributed by atoms with Crippen LogP contribution in [-0.2, 0) is 16.1 Å². The molecule has 0 N–H and O–H groups in total. The van der Waals surface area contributed by atoms with Crippen molar-refractivity contribution in [3.05, 3.63) is 47.6 Å². The number of ether oxygens (including phenoxy) is 2. The van der Waals surface area contributed by atoms with Gasteiger partial charge in [0.1, 0.15) is 6.61 Å². The van der Waals surface area contributed by atoms with Gasteiger partial charge in [-0.15, -0.1) is 0 Å². The molecule has 0 spiro atoms. The van der Waals surface area contributed by atoms with Crippen molar-refractivity contribution in [2.75, 3.05) is 6.61 Å². The second-order valence-corrected chi connectivity index (χ2v) is 3.71. The Labute approximate surface area is 114 Å². The molecule has 104 valence electrons. The van der Waals surface area contributed by atoms with Gasteiger partial charge in [0.05, 0.1) is 6.61 Å². The van der Waals surface area contributed by atoms with Crippen molar-refractivity contribution < 1.29 is 23.6 Å². The predicted octanol–water partition coefficient (Wildman–Crippen LogP) is 1.60. The van der Waals surface area contributed by atoms with Crippen LogP contribution in [0.4, 0.5) is 0 Å². The second kappa shape index (κ2) is 6.46. The first-order valence-corrected chi connectivity index (χ1v) is 5.92. The SMILES string of the molecule is CCOC(=O)c1nc(C(=O)OCc2ccccc2)no1. The van der Waals surface area contributed by atoms with Crippen LogP contribution in [0.25, 0.3) is 0 Å². The van der Waals surface area contributed by atoms with Gasteiger partial charge in [-0.1, -0.05) is 30.3 Å². The number of hydrogen-bond donors (Lipinski definition) is 0. The highest BCUT2D eigenvalue weighted by molar-refractivity contribution is 5.88. The Hall–Kier alpha value is -2.70. The fourth-order valence-electron chi connectivity index (χ4n) is 1.37. The maximum absolute atomic E-state index is 11.7. The van der Waals surface area contributed by atoms with Crippen LogP contribution in [0.1, 0.15) is 33.8 Å². The van der Waals surface area contributed by atoms with Gasteiger partial charge >= 0.3 is 17.8 Å². The molecule has 1 aromatic carbocycles. The van der Waals surface area contributed by atoms with Crippen molar-refractivity contribution in [3.8, 4) is 0 Å². The summed E-state index contributed by atoms with van der Waals surface area (Å²) in [5, 5.41) is 3.37. The molecule has 0 atom stereocenters. The van der Waals surface area contributed by atoms with E-state index in [0.717, 1.165) is 5.56 Å². The molecular formula is C13H12N2O5. The average molecular weight is 276 g/mol. The van der Waals surface area contributed by atoms with Crippen LogP contribution in [0.15, 0.2) is 34.9 Å². The summed E-state index contributed by atoms with van der Waals surface area (Å²) in [5.41, 5.74) is 0.829. The second-order valence-electron chi connectivity index (χ2n) is 3.71. The molecule has 2 rings (SSSR count). The fraction of sp³-hybridized carbons (Fsp3) is 0.231. The van der Waals surface area contributed by atoms with Gasteiger partial charge in [-0.05, 0) is 17.6 Å². The van der Waals surface area contributed by atoms with Crippen LogP contribution in [-0.4, -0.2) is 28.7 Å². The number of hydrogen-bond acceptors (Lipinski definition) is 7. The molecule has 20 heavy (non-hydrogen) atoms. The van der Waals surface area contributed by atoms with E-state index in [1.54, 1.807) is 6.92 Å². The van der Waals surface area contributed by atoms with Crippen molar-refractivity contribution in [3.63, 3.8) is 0 Å². The van der Waals surface area contributed by atoms with Gasteiger partial charge < -0.3 is 14.0 Å². The van der Waals surface area contributed by atoms with Crippen LogP contribution in [0.5, 0.6) is 0 Å². The zero-order chi connectivity index (χ0) is 14.4. The number of nitrogens with zero attached hydrogens (tertiary/aromatic N) is 2. The molecule has 0 radical (unpaired) electrons. The van der Waals surface area contributed by atoms with Crippen molar-refractivity contribution in [2.24, 2.45) is 0 Å². The van der Waals surface area contributed by atoms with E-state index in [-0.39, 0.29) is 24.9 Å². The predicted molar refractivity (Wildman–Crippen MR) is 65.8 cm³/mol. The summed E-state index contributed by atoms with van der Waals surface area (Å²) in [4.78, 5) is 26.6.